The van der Waals surface area contributed by atoms with E-state index in [1.165, 1.54) is 17.4 Å². The molecule has 0 unspecified atom stereocenters. The fraction of sp³-hybridized carbons (Fsp3) is 0. The van der Waals surface area contributed by atoms with Crippen LogP contribution in [0.4, 0.5) is 10.8 Å². The summed E-state index contributed by atoms with van der Waals surface area (Å²) >= 11 is 10.4. The van der Waals surface area contributed by atoms with Crippen molar-refractivity contribution in [1.29, 1.82) is 0 Å². The Balaban J connectivity index is 2.17. The highest BCUT2D eigenvalue weighted by molar-refractivity contribution is 9.11. The van der Waals surface area contributed by atoms with Crippen molar-refractivity contribution in [3.63, 3.8) is 0 Å². The minimum absolute atomic E-state index is 0.270. The molecule has 3 N–H and O–H groups in total. The van der Waals surface area contributed by atoms with Crippen LogP contribution >= 0.6 is 38.9 Å². The number of halogens is 2. The molecule has 1 aromatic heterocycles. The molecule has 7 heteroatoms. The topological polar surface area (TPSA) is 68.0 Å². The van der Waals surface area contributed by atoms with E-state index in [-0.39, 0.29) is 5.91 Å². The third-order valence-corrected chi connectivity index (χ3v) is 3.68. The van der Waals surface area contributed by atoms with Crippen molar-refractivity contribution in [2.45, 2.75) is 0 Å². The number of rotatable bonds is 2. The fourth-order valence-electron chi connectivity index (χ4n) is 1.15. The Hall–Kier alpha value is -1.11. The highest BCUT2D eigenvalue weighted by Crippen LogP contribution is 2.24. The number of nitrogens with two attached hydrogens (primary N) is 1. The van der Waals surface area contributed by atoms with E-state index < -0.39 is 0 Å². The van der Waals surface area contributed by atoms with Crippen LogP contribution in [0.3, 0.4) is 0 Å². The first-order valence-electron chi connectivity index (χ1n) is 4.54. The van der Waals surface area contributed by atoms with E-state index in [9.17, 15) is 4.79 Å². The number of hydrogen-bond acceptors (Lipinski definition) is 4. The third-order valence-electron chi connectivity index (χ3n) is 1.96. The first-order valence-corrected chi connectivity index (χ1v) is 6.52. The van der Waals surface area contributed by atoms with Crippen molar-refractivity contribution in [3.05, 3.63) is 38.8 Å². The molecule has 17 heavy (non-hydrogen) atoms. The Morgan fingerprint density at radius 1 is 1.53 bits per heavy atom. The zero-order valence-corrected chi connectivity index (χ0v) is 11.6. The van der Waals surface area contributed by atoms with Crippen LogP contribution < -0.4 is 11.1 Å². The van der Waals surface area contributed by atoms with E-state index >= 15 is 0 Å². The molecule has 0 aliphatic carbocycles. The summed E-state index contributed by atoms with van der Waals surface area (Å²) in [5.74, 6) is -0.270. The summed E-state index contributed by atoms with van der Waals surface area (Å²) in [6.07, 6.45) is 1.62. The molecule has 0 aliphatic rings. The second kappa shape index (κ2) is 5.03. The second-order valence-electron chi connectivity index (χ2n) is 3.16. The predicted octanol–water partition coefficient (Wildman–Crippen LogP) is 3.39. The summed E-state index contributed by atoms with van der Waals surface area (Å²) in [6.45, 7) is 0. The number of benzene rings is 1. The molecule has 1 amide bonds. The van der Waals surface area contributed by atoms with Crippen LogP contribution in [0, 0.1) is 0 Å². The van der Waals surface area contributed by atoms with Crippen LogP contribution in [0.1, 0.15) is 10.4 Å². The SMILES string of the molecule is Nc1ccc(C(=O)Nc2ncc(Br)s2)cc1Cl. The molecule has 1 heterocycles. The summed E-state index contributed by atoms with van der Waals surface area (Å²) in [6, 6.07) is 4.73. The first-order chi connectivity index (χ1) is 8.06. The van der Waals surface area contributed by atoms with Gasteiger partial charge in [0.25, 0.3) is 5.91 Å². The van der Waals surface area contributed by atoms with Gasteiger partial charge < -0.3 is 5.73 Å². The number of nitrogens with one attached hydrogen (secondary N) is 1. The Morgan fingerprint density at radius 3 is 2.88 bits per heavy atom. The lowest BCUT2D eigenvalue weighted by atomic mass is 10.2. The van der Waals surface area contributed by atoms with E-state index in [2.05, 4.69) is 26.2 Å². The van der Waals surface area contributed by atoms with Crippen LogP contribution in [-0.2, 0) is 0 Å². The van der Waals surface area contributed by atoms with Crippen LogP contribution in [0.2, 0.25) is 5.02 Å². The second-order valence-corrected chi connectivity index (χ2v) is 5.98. The number of carbonyl (C=O) groups is 1. The van der Waals surface area contributed by atoms with Crippen molar-refractivity contribution in [1.82, 2.24) is 4.98 Å². The van der Waals surface area contributed by atoms with Crippen molar-refractivity contribution in [2.75, 3.05) is 11.1 Å². The van der Waals surface area contributed by atoms with E-state index in [1.807, 2.05) is 0 Å². The van der Waals surface area contributed by atoms with Gasteiger partial charge in [0.1, 0.15) is 0 Å². The van der Waals surface area contributed by atoms with Gasteiger partial charge in [-0.3, -0.25) is 10.1 Å². The van der Waals surface area contributed by atoms with E-state index in [4.69, 9.17) is 17.3 Å². The summed E-state index contributed by atoms with van der Waals surface area (Å²) in [5.41, 5.74) is 6.45. The molecular weight excluding hydrogens is 326 g/mol. The molecule has 0 radical (unpaired) electrons. The molecule has 2 rings (SSSR count). The molecule has 0 spiro atoms. The Bertz CT molecular complexity index is 572. The quantitative estimate of drug-likeness (QED) is 0.828. The molecule has 0 fully saturated rings. The van der Waals surface area contributed by atoms with Gasteiger partial charge in [-0.2, -0.15) is 0 Å². The average Bonchev–Trinajstić information content (AvgIpc) is 2.68. The number of nitrogens with zero attached hydrogens (tertiary/aromatic N) is 1. The van der Waals surface area contributed by atoms with Crippen LogP contribution in [0.25, 0.3) is 0 Å². The molecule has 2 aromatic rings. The highest BCUT2D eigenvalue weighted by atomic mass is 79.9. The maximum absolute atomic E-state index is 11.8. The Kier molecular flexibility index (Phi) is 3.66. The van der Waals surface area contributed by atoms with Crippen molar-refractivity contribution in [2.24, 2.45) is 0 Å². The van der Waals surface area contributed by atoms with Crippen molar-refractivity contribution < 1.29 is 4.79 Å². The smallest absolute Gasteiger partial charge is 0.257 e. The number of anilines is 2. The molecule has 0 saturated heterocycles. The third kappa shape index (κ3) is 2.96. The predicted molar refractivity (Wildman–Crippen MR) is 73.6 cm³/mol. The largest absolute Gasteiger partial charge is 0.398 e. The lowest BCUT2D eigenvalue weighted by molar-refractivity contribution is 0.102. The molecule has 0 saturated carbocycles. The summed E-state index contributed by atoms with van der Waals surface area (Å²) in [7, 11) is 0. The Morgan fingerprint density at radius 2 is 2.29 bits per heavy atom. The zero-order valence-electron chi connectivity index (χ0n) is 8.41. The number of amides is 1. The number of thiazole rings is 1. The molecule has 4 nitrogen and oxygen atoms in total. The minimum Gasteiger partial charge on any atom is -0.398 e. The molecule has 0 atom stereocenters. The summed E-state index contributed by atoms with van der Waals surface area (Å²) in [4.78, 5) is 15.8. The van der Waals surface area contributed by atoms with E-state index in [0.29, 0.717) is 21.4 Å². The van der Waals surface area contributed by atoms with Gasteiger partial charge in [0, 0.05) is 5.56 Å². The van der Waals surface area contributed by atoms with Gasteiger partial charge in [-0.15, -0.1) is 0 Å². The van der Waals surface area contributed by atoms with Gasteiger partial charge >= 0.3 is 0 Å². The number of nitrogen functional groups attached to an aromatic ring is 1. The van der Waals surface area contributed by atoms with Gasteiger partial charge in [-0.1, -0.05) is 22.9 Å². The molecule has 1 aromatic carbocycles. The normalized spacial score (nSPS) is 10.2. The summed E-state index contributed by atoms with van der Waals surface area (Å²) < 4.78 is 0.850. The van der Waals surface area contributed by atoms with E-state index in [0.717, 1.165) is 3.79 Å². The van der Waals surface area contributed by atoms with Crippen LogP contribution in [-0.4, -0.2) is 10.9 Å². The van der Waals surface area contributed by atoms with E-state index in [1.54, 1.807) is 18.3 Å². The molecule has 0 aliphatic heterocycles. The van der Waals surface area contributed by atoms with Crippen molar-refractivity contribution in [3.8, 4) is 0 Å². The van der Waals surface area contributed by atoms with Crippen LogP contribution in [0.5, 0.6) is 0 Å². The maximum Gasteiger partial charge on any atom is 0.257 e. The number of hydrogen-bond donors (Lipinski definition) is 2. The lowest BCUT2D eigenvalue weighted by Gasteiger charge is -2.03. The van der Waals surface area contributed by atoms with Gasteiger partial charge in [-0.05, 0) is 34.1 Å². The van der Waals surface area contributed by atoms with Crippen LogP contribution in [0.15, 0.2) is 28.2 Å². The van der Waals surface area contributed by atoms with Gasteiger partial charge in [0.05, 0.1) is 20.7 Å². The lowest BCUT2D eigenvalue weighted by Crippen LogP contribution is -2.11. The molecule has 88 valence electrons. The van der Waals surface area contributed by atoms with Gasteiger partial charge in [-0.25, -0.2) is 4.98 Å². The standard InChI is InChI=1S/C10H7BrClN3OS/c11-8-4-14-10(17-8)15-9(16)5-1-2-7(13)6(12)3-5/h1-4H,13H2,(H,14,15,16). The monoisotopic (exact) mass is 331 g/mol. The fourth-order valence-corrected chi connectivity index (χ4v) is 2.43. The minimum atomic E-state index is -0.270. The maximum atomic E-state index is 11.8. The van der Waals surface area contributed by atoms with Crippen molar-refractivity contribution >= 4 is 55.6 Å². The molecule has 0 bridgehead atoms. The zero-order chi connectivity index (χ0) is 12.4. The number of aromatic nitrogens is 1. The van der Waals surface area contributed by atoms with Gasteiger partial charge in [0.2, 0.25) is 0 Å². The first kappa shape index (κ1) is 12.3. The van der Waals surface area contributed by atoms with Gasteiger partial charge in [0.15, 0.2) is 5.13 Å². The molecular formula is C10H7BrClN3OS. The highest BCUT2D eigenvalue weighted by Gasteiger charge is 2.09. The summed E-state index contributed by atoms with van der Waals surface area (Å²) in [5, 5.41) is 3.55. The Labute approximate surface area is 115 Å². The average molecular weight is 333 g/mol. The number of carbonyl (C=O) groups excluding carboxylic acids is 1.